The summed E-state index contributed by atoms with van der Waals surface area (Å²) in [5.41, 5.74) is 2.10. The van der Waals surface area contributed by atoms with E-state index in [1.54, 1.807) is 7.11 Å². The molecule has 3 rings (SSSR count). The molecule has 2 aromatic rings. The lowest BCUT2D eigenvalue weighted by Gasteiger charge is -2.36. The van der Waals surface area contributed by atoms with Gasteiger partial charge < -0.3 is 20.3 Å². The first kappa shape index (κ1) is 21.6. The van der Waals surface area contributed by atoms with Gasteiger partial charge >= 0.3 is 11.8 Å². The minimum absolute atomic E-state index is 0.351. The van der Waals surface area contributed by atoms with Crippen LogP contribution >= 0.6 is 0 Å². The highest BCUT2D eigenvalue weighted by molar-refractivity contribution is 6.35. The van der Waals surface area contributed by atoms with Gasteiger partial charge in [-0.2, -0.15) is 0 Å². The average molecular weight is 411 g/mol. The molecule has 160 valence electrons. The van der Waals surface area contributed by atoms with Crippen LogP contribution in [0.4, 0.5) is 5.69 Å². The summed E-state index contributed by atoms with van der Waals surface area (Å²) in [6, 6.07) is 17.6. The maximum Gasteiger partial charge on any atom is 0.309 e. The zero-order chi connectivity index (χ0) is 21.2. The van der Waals surface area contributed by atoms with E-state index in [-0.39, 0.29) is 0 Å². The maximum atomic E-state index is 11.9. The van der Waals surface area contributed by atoms with Gasteiger partial charge in [-0.25, -0.2) is 0 Å². The van der Waals surface area contributed by atoms with Crippen LogP contribution in [0.5, 0.6) is 5.75 Å². The zero-order valence-corrected chi connectivity index (χ0v) is 17.5. The van der Waals surface area contributed by atoms with E-state index in [0.717, 1.165) is 56.1 Å². The van der Waals surface area contributed by atoms with Gasteiger partial charge in [0, 0.05) is 39.3 Å². The Balaban J connectivity index is 1.30. The van der Waals surface area contributed by atoms with Crippen LogP contribution in [0.3, 0.4) is 0 Å². The molecule has 0 unspecified atom stereocenters. The number of nitrogens with zero attached hydrogens (tertiary/aromatic N) is 2. The molecule has 1 saturated heterocycles. The summed E-state index contributed by atoms with van der Waals surface area (Å²) < 4.78 is 5.46. The van der Waals surface area contributed by atoms with Crippen LogP contribution in [-0.4, -0.2) is 63.1 Å². The number of para-hydroxylation sites is 2. The van der Waals surface area contributed by atoms with Gasteiger partial charge in [-0.05, 0) is 30.7 Å². The van der Waals surface area contributed by atoms with Gasteiger partial charge in [-0.15, -0.1) is 0 Å². The molecule has 1 fully saturated rings. The number of carbonyl (C=O) groups is 2. The summed E-state index contributed by atoms with van der Waals surface area (Å²) in [4.78, 5) is 28.5. The topological polar surface area (TPSA) is 73.9 Å². The standard InChI is InChI=1S/C23H30N4O3/c1-30-21-11-6-5-10-20(21)27-16-14-26(15-17-27)13-7-12-24-22(28)23(29)25-18-19-8-3-2-4-9-19/h2-6,8-11H,7,12-18H2,1H3,(H,24,28)(H,25,29). The molecule has 0 radical (unpaired) electrons. The lowest BCUT2D eigenvalue weighted by atomic mass is 10.2. The smallest absolute Gasteiger partial charge is 0.309 e. The first-order valence-electron chi connectivity index (χ1n) is 10.4. The molecule has 2 aromatic carbocycles. The molecule has 0 aliphatic carbocycles. The molecule has 0 atom stereocenters. The van der Waals surface area contributed by atoms with Gasteiger partial charge in [0.25, 0.3) is 0 Å². The van der Waals surface area contributed by atoms with E-state index in [1.165, 1.54) is 0 Å². The van der Waals surface area contributed by atoms with E-state index in [1.807, 2.05) is 48.5 Å². The number of rotatable bonds is 8. The molecule has 2 amide bonds. The van der Waals surface area contributed by atoms with Crippen molar-refractivity contribution in [1.82, 2.24) is 15.5 Å². The number of anilines is 1. The molecule has 7 heteroatoms. The summed E-state index contributed by atoms with van der Waals surface area (Å²) in [5, 5.41) is 5.34. The Morgan fingerprint density at radius 2 is 1.57 bits per heavy atom. The fourth-order valence-electron chi connectivity index (χ4n) is 3.55. The zero-order valence-electron chi connectivity index (χ0n) is 17.5. The van der Waals surface area contributed by atoms with Gasteiger partial charge in [-0.1, -0.05) is 42.5 Å². The summed E-state index contributed by atoms with van der Waals surface area (Å²) in [6.07, 6.45) is 0.812. The maximum absolute atomic E-state index is 11.9. The van der Waals surface area contributed by atoms with Crippen LogP contribution in [0.1, 0.15) is 12.0 Å². The number of hydrogen-bond acceptors (Lipinski definition) is 5. The van der Waals surface area contributed by atoms with Crippen molar-refractivity contribution in [2.75, 3.05) is 51.3 Å². The molecule has 7 nitrogen and oxygen atoms in total. The van der Waals surface area contributed by atoms with E-state index in [4.69, 9.17) is 4.74 Å². The predicted octanol–water partition coefficient (Wildman–Crippen LogP) is 1.64. The number of nitrogens with one attached hydrogen (secondary N) is 2. The highest BCUT2D eigenvalue weighted by atomic mass is 16.5. The third-order valence-electron chi connectivity index (χ3n) is 5.24. The minimum Gasteiger partial charge on any atom is -0.495 e. The Bertz CT molecular complexity index is 820. The Labute approximate surface area is 178 Å². The van der Waals surface area contributed by atoms with Crippen molar-refractivity contribution in [2.24, 2.45) is 0 Å². The normalized spacial score (nSPS) is 14.2. The Kier molecular flexibility index (Phi) is 8.09. The number of methoxy groups -OCH3 is 1. The second kappa shape index (κ2) is 11.2. The number of ether oxygens (including phenoxy) is 1. The highest BCUT2D eigenvalue weighted by Gasteiger charge is 2.19. The Hall–Kier alpha value is -3.06. The van der Waals surface area contributed by atoms with E-state index >= 15 is 0 Å². The molecule has 1 aliphatic heterocycles. The predicted molar refractivity (Wildman–Crippen MR) is 118 cm³/mol. The van der Waals surface area contributed by atoms with E-state index in [2.05, 4.69) is 26.5 Å². The van der Waals surface area contributed by atoms with E-state index in [0.29, 0.717) is 13.1 Å². The first-order chi connectivity index (χ1) is 14.7. The van der Waals surface area contributed by atoms with Crippen LogP contribution in [0.2, 0.25) is 0 Å². The van der Waals surface area contributed by atoms with Crippen molar-refractivity contribution < 1.29 is 14.3 Å². The second-order valence-electron chi connectivity index (χ2n) is 7.28. The van der Waals surface area contributed by atoms with E-state index in [9.17, 15) is 9.59 Å². The van der Waals surface area contributed by atoms with Crippen molar-refractivity contribution in [3.8, 4) is 5.75 Å². The summed E-state index contributed by atoms with van der Waals surface area (Å²) in [6.45, 7) is 5.54. The fourth-order valence-corrected chi connectivity index (χ4v) is 3.55. The monoisotopic (exact) mass is 410 g/mol. The summed E-state index contributed by atoms with van der Waals surface area (Å²) >= 11 is 0. The number of carbonyl (C=O) groups excluding carboxylic acids is 2. The molecule has 0 saturated carbocycles. The highest BCUT2D eigenvalue weighted by Crippen LogP contribution is 2.28. The van der Waals surface area contributed by atoms with Gasteiger partial charge in [0.1, 0.15) is 5.75 Å². The number of benzene rings is 2. The Morgan fingerprint density at radius 1 is 0.900 bits per heavy atom. The van der Waals surface area contributed by atoms with Gasteiger partial charge in [0.15, 0.2) is 0 Å². The molecular formula is C23H30N4O3. The van der Waals surface area contributed by atoms with Crippen molar-refractivity contribution >= 4 is 17.5 Å². The SMILES string of the molecule is COc1ccccc1N1CCN(CCCNC(=O)C(=O)NCc2ccccc2)CC1. The molecule has 1 heterocycles. The average Bonchev–Trinajstić information content (AvgIpc) is 2.81. The fraction of sp³-hybridized carbons (Fsp3) is 0.391. The van der Waals surface area contributed by atoms with Crippen LogP contribution < -0.4 is 20.3 Å². The molecule has 0 bridgehead atoms. The van der Waals surface area contributed by atoms with Crippen molar-refractivity contribution in [3.63, 3.8) is 0 Å². The third-order valence-corrected chi connectivity index (χ3v) is 5.24. The number of amides is 2. The third kappa shape index (κ3) is 6.22. The van der Waals surface area contributed by atoms with Crippen molar-refractivity contribution in [2.45, 2.75) is 13.0 Å². The van der Waals surface area contributed by atoms with Crippen molar-refractivity contribution in [1.29, 1.82) is 0 Å². The molecule has 2 N–H and O–H groups in total. The molecule has 0 aromatic heterocycles. The largest absolute Gasteiger partial charge is 0.495 e. The Morgan fingerprint density at radius 3 is 2.30 bits per heavy atom. The second-order valence-corrected chi connectivity index (χ2v) is 7.28. The van der Waals surface area contributed by atoms with Crippen molar-refractivity contribution in [3.05, 3.63) is 60.2 Å². The van der Waals surface area contributed by atoms with Crippen LogP contribution in [-0.2, 0) is 16.1 Å². The summed E-state index contributed by atoms with van der Waals surface area (Å²) in [7, 11) is 1.70. The van der Waals surface area contributed by atoms with Crippen LogP contribution in [0.15, 0.2) is 54.6 Å². The molecule has 1 aliphatic rings. The van der Waals surface area contributed by atoms with Gasteiger partial charge in [0.2, 0.25) is 0 Å². The molecule has 0 spiro atoms. The number of hydrogen-bond donors (Lipinski definition) is 2. The first-order valence-corrected chi connectivity index (χ1v) is 10.4. The summed E-state index contributed by atoms with van der Waals surface area (Å²) in [5.74, 6) is -0.268. The molecule has 30 heavy (non-hydrogen) atoms. The van der Waals surface area contributed by atoms with E-state index < -0.39 is 11.8 Å². The van der Waals surface area contributed by atoms with Crippen LogP contribution in [0.25, 0.3) is 0 Å². The minimum atomic E-state index is -0.593. The van der Waals surface area contributed by atoms with Gasteiger partial charge in [0.05, 0.1) is 12.8 Å². The van der Waals surface area contributed by atoms with Gasteiger partial charge in [-0.3, -0.25) is 14.5 Å². The lowest BCUT2D eigenvalue weighted by Crippen LogP contribution is -2.47. The number of piperazine rings is 1. The quantitative estimate of drug-likeness (QED) is 0.511. The van der Waals surface area contributed by atoms with Crippen LogP contribution in [0, 0.1) is 0 Å². The lowest BCUT2D eigenvalue weighted by molar-refractivity contribution is -0.139. The molecular weight excluding hydrogens is 380 g/mol.